The van der Waals surface area contributed by atoms with Crippen LogP contribution in [0.1, 0.15) is 36.2 Å². The lowest BCUT2D eigenvalue weighted by molar-refractivity contribution is -0.159. The average molecular weight is 386 g/mol. The van der Waals surface area contributed by atoms with Crippen LogP contribution in [-0.2, 0) is 14.3 Å². The van der Waals surface area contributed by atoms with Gasteiger partial charge in [-0.1, -0.05) is 18.2 Å². The van der Waals surface area contributed by atoms with E-state index in [0.717, 1.165) is 24.6 Å². The lowest BCUT2D eigenvalue weighted by Gasteiger charge is -2.33. The fourth-order valence-corrected chi connectivity index (χ4v) is 4.45. The van der Waals surface area contributed by atoms with Crippen LogP contribution in [0.4, 0.5) is 0 Å². The van der Waals surface area contributed by atoms with Crippen molar-refractivity contribution in [2.24, 2.45) is 0 Å². The number of hydrogen-bond acceptors (Lipinski definition) is 5. The second kappa shape index (κ2) is 7.93. The predicted molar refractivity (Wildman–Crippen MR) is 103 cm³/mol. The fourth-order valence-electron chi connectivity index (χ4n) is 4.45. The van der Waals surface area contributed by atoms with Crippen molar-refractivity contribution in [2.75, 3.05) is 27.3 Å². The molecule has 7 heteroatoms. The number of methoxy groups -OCH3 is 2. The second-order valence-corrected chi connectivity index (χ2v) is 7.39. The number of fused-ring (bicyclic) bond motifs is 1. The standard InChI is InChI=1S/C21H26N2O5/c1-26-21(27-2)16-9-6-12-23(16)19(24)15-8-5-11-22(15)20(25)18-13-14-7-3-4-10-17(14)28-18/h3-4,7,10,13,15-16,21H,5-6,8-9,11-12H2,1-2H3/t15-,16-/m0/s1. The number of benzene rings is 1. The average Bonchev–Trinajstić information content (AvgIpc) is 3.46. The highest BCUT2D eigenvalue weighted by Crippen LogP contribution is 2.29. The molecular formula is C21H26N2O5. The van der Waals surface area contributed by atoms with Gasteiger partial charge in [-0.3, -0.25) is 9.59 Å². The SMILES string of the molecule is COC(OC)[C@@H]1CCCN1C(=O)[C@@H]1CCCN1C(=O)c1cc2ccccc2o1. The molecular weight excluding hydrogens is 360 g/mol. The molecule has 0 spiro atoms. The topological polar surface area (TPSA) is 72.2 Å². The monoisotopic (exact) mass is 386 g/mol. The summed E-state index contributed by atoms with van der Waals surface area (Å²) in [7, 11) is 3.17. The van der Waals surface area contributed by atoms with E-state index in [0.29, 0.717) is 25.1 Å². The number of carbonyl (C=O) groups excluding carboxylic acids is 2. The van der Waals surface area contributed by atoms with Gasteiger partial charge in [-0.2, -0.15) is 0 Å². The Bertz CT molecular complexity index is 826. The molecule has 1 aromatic heterocycles. The summed E-state index contributed by atoms with van der Waals surface area (Å²) in [6.45, 7) is 1.22. The van der Waals surface area contributed by atoms with Crippen molar-refractivity contribution in [3.05, 3.63) is 36.1 Å². The summed E-state index contributed by atoms with van der Waals surface area (Å²) in [6.07, 6.45) is 2.76. The summed E-state index contributed by atoms with van der Waals surface area (Å²) in [5, 5.41) is 0.885. The zero-order chi connectivity index (χ0) is 19.7. The number of nitrogens with zero attached hydrogens (tertiary/aromatic N) is 2. The number of para-hydroxylation sites is 1. The van der Waals surface area contributed by atoms with Gasteiger partial charge in [0.25, 0.3) is 5.91 Å². The Hall–Kier alpha value is -2.38. The lowest BCUT2D eigenvalue weighted by Crippen LogP contribution is -2.52. The van der Waals surface area contributed by atoms with Crippen LogP contribution in [-0.4, -0.2) is 67.3 Å². The predicted octanol–water partition coefficient (Wildman–Crippen LogP) is 2.65. The van der Waals surface area contributed by atoms with Crippen LogP contribution in [0.3, 0.4) is 0 Å². The maximum absolute atomic E-state index is 13.3. The molecule has 0 bridgehead atoms. The maximum Gasteiger partial charge on any atom is 0.290 e. The molecule has 3 heterocycles. The number of hydrogen-bond donors (Lipinski definition) is 0. The number of carbonyl (C=O) groups is 2. The maximum atomic E-state index is 13.3. The Morgan fingerprint density at radius 2 is 1.79 bits per heavy atom. The zero-order valence-electron chi connectivity index (χ0n) is 16.3. The number of amides is 2. The molecule has 28 heavy (non-hydrogen) atoms. The number of furan rings is 1. The van der Waals surface area contributed by atoms with E-state index < -0.39 is 12.3 Å². The minimum Gasteiger partial charge on any atom is -0.451 e. The van der Waals surface area contributed by atoms with Gasteiger partial charge in [0, 0.05) is 32.7 Å². The molecule has 1 aromatic carbocycles. The van der Waals surface area contributed by atoms with Gasteiger partial charge in [0.05, 0.1) is 6.04 Å². The molecule has 0 N–H and O–H groups in total. The van der Waals surface area contributed by atoms with E-state index in [2.05, 4.69) is 0 Å². The van der Waals surface area contributed by atoms with Crippen molar-refractivity contribution < 1.29 is 23.5 Å². The normalized spacial score (nSPS) is 22.5. The third-order valence-electron chi connectivity index (χ3n) is 5.80. The van der Waals surface area contributed by atoms with Gasteiger partial charge in [0.2, 0.25) is 5.91 Å². The molecule has 2 atom stereocenters. The first-order valence-corrected chi connectivity index (χ1v) is 9.79. The van der Waals surface area contributed by atoms with E-state index in [9.17, 15) is 9.59 Å². The Morgan fingerprint density at radius 3 is 2.54 bits per heavy atom. The molecule has 2 saturated heterocycles. The molecule has 0 unspecified atom stereocenters. The van der Waals surface area contributed by atoms with Gasteiger partial charge in [-0.05, 0) is 37.8 Å². The van der Waals surface area contributed by atoms with Crippen LogP contribution >= 0.6 is 0 Å². The van der Waals surface area contributed by atoms with Crippen molar-refractivity contribution in [3.8, 4) is 0 Å². The van der Waals surface area contributed by atoms with Gasteiger partial charge in [0.1, 0.15) is 11.6 Å². The second-order valence-electron chi connectivity index (χ2n) is 7.39. The van der Waals surface area contributed by atoms with Crippen molar-refractivity contribution in [2.45, 2.75) is 44.1 Å². The Balaban J connectivity index is 1.54. The molecule has 0 aliphatic carbocycles. The molecule has 4 rings (SSSR count). The summed E-state index contributed by atoms with van der Waals surface area (Å²) < 4.78 is 16.5. The third-order valence-corrected chi connectivity index (χ3v) is 5.80. The Morgan fingerprint density at radius 1 is 1.07 bits per heavy atom. The first-order valence-electron chi connectivity index (χ1n) is 9.79. The summed E-state index contributed by atoms with van der Waals surface area (Å²) in [6, 6.07) is 8.70. The van der Waals surface area contributed by atoms with E-state index >= 15 is 0 Å². The van der Waals surface area contributed by atoms with Crippen molar-refractivity contribution in [1.82, 2.24) is 9.80 Å². The van der Waals surface area contributed by atoms with E-state index in [1.807, 2.05) is 29.2 Å². The Kier molecular flexibility index (Phi) is 5.37. The molecule has 2 aliphatic heterocycles. The largest absolute Gasteiger partial charge is 0.451 e. The van der Waals surface area contributed by atoms with Crippen LogP contribution < -0.4 is 0 Å². The van der Waals surface area contributed by atoms with Gasteiger partial charge >= 0.3 is 0 Å². The summed E-state index contributed by atoms with van der Waals surface area (Å²) in [5.74, 6) is 0.0342. The van der Waals surface area contributed by atoms with Gasteiger partial charge in [-0.25, -0.2) is 0 Å². The molecule has 0 radical (unpaired) electrons. The zero-order valence-corrected chi connectivity index (χ0v) is 16.3. The summed E-state index contributed by atoms with van der Waals surface area (Å²) in [4.78, 5) is 29.9. The summed E-state index contributed by atoms with van der Waals surface area (Å²) in [5.41, 5.74) is 0.676. The quantitative estimate of drug-likeness (QED) is 0.739. The van der Waals surface area contributed by atoms with Gasteiger partial charge < -0.3 is 23.7 Å². The van der Waals surface area contributed by atoms with Crippen LogP contribution in [0.2, 0.25) is 0 Å². The lowest BCUT2D eigenvalue weighted by atomic mass is 10.1. The van der Waals surface area contributed by atoms with Gasteiger partial charge in [-0.15, -0.1) is 0 Å². The molecule has 150 valence electrons. The first-order chi connectivity index (χ1) is 13.6. The van der Waals surface area contributed by atoms with Crippen molar-refractivity contribution >= 4 is 22.8 Å². The molecule has 7 nitrogen and oxygen atoms in total. The molecule has 2 amide bonds. The molecule has 2 aliphatic rings. The minimum atomic E-state index is -0.462. The number of ether oxygens (including phenoxy) is 2. The van der Waals surface area contributed by atoms with E-state index in [4.69, 9.17) is 13.9 Å². The van der Waals surface area contributed by atoms with E-state index in [-0.39, 0.29) is 23.6 Å². The van der Waals surface area contributed by atoms with Crippen molar-refractivity contribution in [1.29, 1.82) is 0 Å². The molecule has 2 fully saturated rings. The summed E-state index contributed by atoms with van der Waals surface area (Å²) >= 11 is 0. The van der Waals surface area contributed by atoms with Crippen molar-refractivity contribution in [3.63, 3.8) is 0 Å². The van der Waals surface area contributed by atoms with Crippen LogP contribution in [0.25, 0.3) is 11.0 Å². The minimum absolute atomic E-state index is 0.0245. The van der Waals surface area contributed by atoms with E-state index in [1.165, 1.54) is 0 Å². The smallest absolute Gasteiger partial charge is 0.290 e. The highest BCUT2D eigenvalue weighted by Gasteiger charge is 2.43. The van der Waals surface area contributed by atoms with E-state index in [1.54, 1.807) is 25.2 Å². The van der Waals surface area contributed by atoms with Gasteiger partial charge in [0.15, 0.2) is 12.1 Å². The highest BCUT2D eigenvalue weighted by molar-refractivity contribution is 5.99. The number of likely N-dealkylation sites (tertiary alicyclic amines) is 2. The number of rotatable bonds is 5. The Labute approximate surface area is 164 Å². The van der Waals surface area contributed by atoms with Crippen LogP contribution in [0, 0.1) is 0 Å². The van der Waals surface area contributed by atoms with Crippen LogP contribution in [0.15, 0.2) is 34.7 Å². The third kappa shape index (κ3) is 3.29. The molecule has 2 aromatic rings. The highest BCUT2D eigenvalue weighted by atomic mass is 16.7. The molecule has 0 saturated carbocycles. The van der Waals surface area contributed by atoms with Crippen LogP contribution in [0.5, 0.6) is 0 Å². The fraction of sp³-hybridized carbons (Fsp3) is 0.524. The first kappa shape index (κ1) is 19.0.